The Bertz CT molecular complexity index is 268. The number of primary amides is 1. The van der Waals surface area contributed by atoms with Gasteiger partial charge in [-0.05, 0) is 19.4 Å². The van der Waals surface area contributed by atoms with Crippen LogP contribution in [-0.4, -0.2) is 36.3 Å². The molecule has 1 aliphatic heterocycles. The zero-order valence-electron chi connectivity index (χ0n) is 10.4. The van der Waals surface area contributed by atoms with Crippen LogP contribution in [0.3, 0.4) is 0 Å². The highest BCUT2D eigenvalue weighted by Gasteiger charge is 2.32. The van der Waals surface area contributed by atoms with Crippen molar-refractivity contribution >= 4 is 11.8 Å². The van der Waals surface area contributed by atoms with E-state index < -0.39 is 0 Å². The number of likely N-dealkylation sites (tertiary alicyclic amines) is 1. The first-order valence-electron chi connectivity index (χ1n) is 6.42. The van der Waals surface area contributed by atoms with Crippen LogP contribution in [0.15, 0.2) is 0 Å². The van der Waals surface area contributed by atoms with Crippen molar-refractivity contribution in [1.82, 2.24) is 4.90 Å². The van der Waals surface area contributed by atoms with Gasteiger partial charge in [0.25, 0.3) is 0 Å². The third-order valence-corrected chi connectivity index (χ3v) is 3.25. The second kappa shape index (κ2) is 7.27. The number of nitrogens with two attached hydrogens (primary N) is 2. The summed E-state index contributed by atoms with van der Waals surface area (Å²) in [7, 11) is 0. The van der Waals surface area contributed by atoms with E-state index in [1.165, 1.54) is 6.42 Å². The highest BCUT2D eigenvalue weighted by Crippen LogP contribution is 2.18. The average Bonchev–Trinajstić information content (AvgIpc) is 2.65. The number of nitrogens with zero attached hydrogens (tertiary/aromatic N) is 1. The summed E-state index contributed by atoms with van der Waals surface area (Å²) in [5.74, 6) is -0.570. The highest BCUT2D eigenvalue weighted by molar-refractivity contribution is 5.88. The molecule has 0 aromatic rings. The van der Waals surface area contributed by atoms with Crippen LogP contribution in [0, 0.1) is 5.92 Å². The van der Waals surface area contributed by atoms with E-state index in [0.29, 0.717) is 13.0 Å². The molecule has 98 valence electrons. The van der Waals surface area contributed by atoms with Gasteiger partial charge in [0, 0.05) is 19.5 Å². The minimum absolute atomic E-state index is 0.0655. The number of amides is 2. The predicted molar refractivity (Wildman–Crippen MR) is 66.0 cm³/mol. The molecular formula is C12H23N3O2. The standard InChI is InChI=1S/C12H23N3O2/c13-6-4-2-1-3-5-7-15-9-10(12(14)17)8-11(15)16/h10H,1-9,13H2,(H2,14,17). The fraction of sp³-hybridized carbons (Fsp3) is 0.833. The van der Waals surface area contributed by atoms with Crippen LogP contribution in [0.5, 0.6) is 0 Å². The maximum absolute atomic E-state index is 11.6. The van der Waals surface area contributed by atoms with Crippen LogP contribution < -0.4 is 11.5 Å². The Morgan fingerprint density at radius 2 is 1.88 bits per heavy atom. The van der Waals surface area contributed by atoms with Crippen LogP contribution in [0.1, 0.15) is 38.5 Å². The van der Waals surface area contributed by atoms with E-state index in [1.807, 2.05) is 0 Å². The monoisotopic (exact) mass is 241 g/mol. The van der Waals surface area contributed by atoms with E-state index in [4.69, 9.17) is 11.5 Å². The number of carbonyl (C=O) groups is 2. The first kappa shape index (κ1) is 14.0. The molecule has 0 aliphatic carbocycles. The number of hydrogen-bond acceptors (Lipinski definition) is 3. The maximum atomic E-state index is 11.6. The van der Waals surface area contributed by atoms with Crippen molar-refractivity contribution in [2.75, 3.05) is 19.6 Å². The average molecular weight is 241 g/mol. The van der Waals surface area contributed by atoms with Crippen molar-refractivity contribution in [3.05, 3.63) is 0 Å². The second-order valence-electron chi connectivity index (χ2n) is 4.70. The molecule has 17 heavy (non-hydrogen) atoms. The Kier molecular flexibility index (Phi) is 5.97. The lowest BCUT2D eigenvalue weighted by Gasteiger charge is -2.15. The van der Waals surface area contributed by atoms with E-state index in [9.17, 15) is 9.59 Å². The minimum atomic E-state index is -0.358. The molecule has 2 amide bonds. The molecule has 1 heterocycles. The zero-order valence-corrected chi connectivity index (χ0v) is 10.4. The molecule has 1 atom stereocenters. The molecule has 0 aromatic heterocycles. The fourth-order valence-corrected chi connectivity index (χ4v) is 2.16. The lowest BCUT2D eigenvalue weighted by atomic mass is 10.1. The van der Waals surface area contributed by atoms with Crippen molar-refractivity contribution in [3.8, 4) is 0 Å². The van der Waals surface area contributed by atoms with Gasteiger partial charge in [-0.25, -0.2) is 0 Å². The molecule has 5 nitrogen and oxygen atoms in total. The molecule has 5 heteroatoms. The predicted octanol–water partition coefficient (Wildman–Crippen LogP) is 0.229. The van der Waals surface area contributed by atoms with Crippen molar-refractivity contribution in [2.45, 2.75) is 38.5 Å². The Morgan fingerprint density at radius 3 is 2.47 bits per heavy atom. The number of unbranched alkanes of at least 4 members (excludes halogenated alkanes) is 4. The normalized spacial score (nSPS) is 19.9. The molecule has 1 rings (SSSR count). The lowest BCUT2D eigenvalue weighted by molar-refractivity contribution is -0.128. The highest BCUT2D eigenvalue weighted by atomic mass is 16.2. The summed E-state index contributed by atoms with van der Waals surface area (Å²) in [6, 6.07) is 0. The van der Waals surface area contributed by atoms with Gasteiger partial charge in [-0.2, -0.15) is 0 Å². The fourth-order valence-electron chi connectivity index (χ4n) is 2.16. The molecule has 1 aliphatic rings. The van der Waals surface area contributed by atoms with Crippen LogP contribution >= 0.6 is 0 Å². The van der Waals surface area contributed by atoms with Gasteiger partial charge in [-0.15, -0.1) is 0 Å². The van der Waals surface area contributed by atoms with Gasteiger partial charge < -0.3 is 16.4 Å². The summed E-state index contributed by atoms with van der Waals surface area (Å²) in [5, 5.41) is 0. The van der Waals surface area contributed by atoms with Gasteiger partial charge in [-0.1, -0.05) is 19.3 Å². The lowest BCUT2D eigenvalue weighted by Crippen LogP contribution is -2.29. The molecule has 0 spiro atoms. The van der Waals surface area contributed by atoms with Crippen LogP contribution in [0.25, 0.3) is 0 Å². The van der Waals surface area contributed by atoms with Crippen LogP contribution in [-0.2, 0) is 9.59 Å². The second-order valence-corrected chi connectivity index (χ2v) is 4.70. The van der Waals surface area contributed by atoms with Crippen molar-refractivity contribution < 1.29 is 9.59 Å². The molecule has 0 radical (unpaired) electrons. The SMILES string of the molecule is NCCCCCCCN1CC(C(N)=O)CC1=O. The molecule has 1 fully saturated rings. The van der Waals surface area contributed by atoms with Gasteiger partial charge >= 0.3 is 0 Å². The van der Waals surface area contributed by atoms with E-state index in [2.05, 4.69) is 0 Å². The summed E-state index contributed by atoms with van der Waals surface area (Å²) in [5.41, 5.74) is 10.6. The maximum Gasteiger partial charge on any atom is 0.223 e. The molecule has 4 N–H and O–H groups in total. The van der Waals surface area contributed by atoms with E-state index >= 15 is 0 Å². The summed E-state index contributed by atoms with van der Waals surface area (Å²) in [6.45, 7) is 2.02. The minimum Gasteiger partial charge on any atom is -0.369 e. The van der Waals surface area contributed by atoms with Gasteiger partial charge in [0.1, 0.15) is 0 Å². The Labute approximate surface area is 103 Å². The topological polar surface area (TPSA) is 89.4 Å². The van der Waals surface area contributed by atoms with E-state index in [-0.39, 0.29) is 17.7 Å². The van der Waals surface area contributed by atoms with Crippen LogP contribution in [0.4, 0.5) is 0 Å². The van der Waals surface area contributed by atoms with Crippen molar-refractivity contribution in [3.63, 3.8) is 0 Å². The van der Waals surface area contributed by atoms with E-state index in [1.54, 1.807) is 4.90 Å². The first-order chi connectivity index (χ1) is 8.15. The van der Waals surface area contributed by atoms with Gasteiger partial charge in [-0.3, -0.25) is 9.59 Å². The van der Waals surface area contributed by atoms with Crippen LogP contribution in [0.2, 0.25) is 0 Å². The van der Waals surface area contributed by atoms with Crippen molar-refractivity contribution in [1.29, 1.82) is 0 Å². The first-order valence-corrected chi connectivity index (χ1v) is 6.42. The number of hydrogen-bond donors (Lipinski definition) is 2. The van der Waals surface area contributed by atoms with Gasteiger partial charge in [0.2, 0.25) is 11.8 Å². The third kappa shape index (κ3) is 4.73. The summed E-state index contributed by atoms with van der Waals surface area (Å²) in [4.78, 5) is 24.3. The quantitative estimate of drug-likeness (QED) is 0.596. The molecule has 1 saturated heterocycles. The Hall–Kier alpha value is -1.10. The zero-order chi connectivity index (χ0) is 12.7. The number of rotatable bonds is 8. The smallest absolute Gasteiger partial charge is 0.223 e. The Balaban J connectivity index is 2.11. The summed E-state index contributed by atoms with van der Waals surface area (Å²) >= 11 is 0. The summed E-state index contributed by atoms with van der Waals surface area (Å²) < 4.78 is 0. The van der Waals surface area contributed by atoms with Gasteiger partial charge in [0.05, 0.1) is 5.92 Å². The molecule has 0 bridgehead atoms. The molecule has 0 aromatic carbocycles. The largest absolute Gasteiger partial charge is 0.369 e. The number of carbonyl (C=O) groups excluding carboxylic acids is 2. The van der Waals surface area contributed by atoms with Gasteiger partial charge in [0.15, 0.2) is 0 Å². The van der Waals surface area contributed by atoms with Crippen molar-refractivity contribution in [2.24, 2.45) is 17.4 Å². The van der Waals surface area contributed by atoms with E-state index in [0.717, 1.165) is 38.8 Å². The molecule has 0 saturated carbocycles. The molecule has 1 unspecified atom stereocenters. The third-order valence-electron chi connectivity index (χ3n) is 3.25. The summed E-state index contributed by atoms with van der Waals surface area (Å²) in [6.07, 6.45) is 5.81. The molecular weight excluding hydrogens is 218 g/mol. The Morgan fingerprint density at radius 1 is 1.24 bits per heavy atom.